The van der Waals surface area contributed by atoms with Crippen LogP contribution in [0.4, 0.5) is 0 Å². The Bertz CT molecular complexity index is 247. The van der Waals surface area contributed by atoms with Crippen LogP contribution in [0.5, 0.6) is 0 Å². The number of hydrogen-bond donors (Lipinski definition) is 1. The van der Waals surface area contributed by atoms with E-state index in [1.807, 2.05) is 25.1 Å². The van der Waals surface area contributed by atoms with E-state index in [1.165, 1.54) is 5.56 Å². The fraction of sp³-hybridized carbons (Fsp3) is 0.400. The molecule has 0 aliphatic heterocycles. The number of ether oxygens (including phenoxy) is 1. The van der Waals surface area contributed by atoms with E-state index in [0.717, 1.165) is 5.56 Å². The predicted octanol–water partition coefficient (Wildman–Crippen LogP) is 1.85. The van der Waals surface area contributed by atoms with E-state index in [1.54, 1.807) is 7.11 Å². The Morgan fingerprint density at radius 1 is 1.42 bits per heavy atom. The van der Waals surface area contributed by atoms with Gasteiger partial charge in [-0.1, -0.05) is 24.3 Å². The summed E-state index contributed by atoms with van der Waals surface area (Å²) in [7, 11) is 1.71. The Kier molecular flexibility index (Phi) is 3.26. The van der Waals surface area contributed by atoms with Crippen LogP contribution in [0.3, 0.4) is 0 Å². The first-order valence-electron chi connectivity index (χ1n) is 4.10. The van der Waals surface area contributed by atoms with Crippen LogP contribution in [0, 0.1) is 0 Å². The Hall–Kier alpha value is -0.860. The number of rotatable bonds is 3. The molecule has 12 heavy (non-hydrogen) atoms. The lowest BCUT2D eigenvalue weighted by Crippen LogP contribution is -2.05. The number of benzene rings is 1. The van der Waals surface area contributed by atoms with Gasteiger partial charge in [-0.25, -0.2) is 0 Å². The van der Waals surface area contributed by atoms with Crippen LogP contribution in [0.25, 0.3) is 0 Å². The highest BCUT2D eigenvalue weighted by Crippen LogP contribution is 2.19. The van der Waals surface area contributed by atoms with E-state index in [2.05, 4.69) is 6.07 Å². The molecule has 1 aromatic carbocycles. The summed E-state index contributed by atoms with van der Waals surface area (Å²) in [5.41, 5.74) is 7.93. The van der Waals surface area contributed by atoms with Crippen molar-refractivity contribution in [3.8, 4) is 0 Å². The van der Waals surface area contributed by atoms with Gasteiger partial charge in [-0.3, -0.25) is 0 Å². The van der Waals surface area contributed by atoms with Crippen LogP contribution in [0.2, 0.25) is 0 Å². The van der Waals surface area contributed by atoms with Crippen molar-refractivity contribution in [3.05, 3.63) is 35.4 Å². The predicted molar refractivity (Wildman–Crippen MR) is 49.8 cm³/mol. The first kappa shape index (κ1) is 9.23. The van der Waals surface area contributed by atoms with Crippen molar-refractivity contribution in [2.75, 3.05) is 7.11 Å². The van der Waals surface area contributed by atoms with Gasteiger partial charge in [-0.2, -0.15) is 0 Å². The van der Waals surface area contributed by atoms with Crippen LogP contribution in [0.15, 0.2) is 24.3 Å². The summed E-state index contributed by atoms with van der Waals surface area (Å²) in [6, 6.07) is 8.08. The molecule has 1 unspecified atom stereocenters. The second-order valence-electron chi connectivity index (χ2n) is 2.78. The molecule has 0 fully saturated rings. The van der Waals surface area contributed by atoms with E-state index < -0.39 is 0 Å². The average molecular weight is 165 g/mol. The summed E-state index contributed by atoms with van der Waals surface area (Å²) in [5.74, 6) is 0. The summed E-state index contributed by atoms with van der Waals surface area (Å²) in [6.45, 7) is 2.60. The van der Waals surface area contributed by atoms with Crippen molar-refractivity contribution >= 4 is 0 Å². The fourth-order valence-electron chi connectivity index (χ4n) is 1.24. The molecular weight excluding hydrogens is 150 g/mol. The topological polar surface area (TPSA) is 35.2 Å². The summed E-state index contributed by atoms with van der Waals surface area (Å²) in [6.07, 6.45) is 0.129. The lowest BCUT2D eigenvalue weighted by atomic mass is 10.0. The molecule has 0 aromatic heterocycles. The highest BCUT2D eigenvalue weighted by molar-refractivity contribution is 5.28. The highest BCUT2D eigenvalue weighted by Gasteiger charge is 2.06. The lowest BCUT2D eigenvalue weighted by Gasteiger charge is -2.13. The molecule has 1 atom stereocenters. The van der Waals surface area contributed by atoms with Gasteiger partial charge in [-0.15, -0.1) is 0 Å². The van der Waals surface area contributed by atoms with Crippen molar-refractivity contribution in [3.63, 3.8) is 0 Å². The van der Waals surface area contributed by atoms with Crippen molar-refractivity contribution in [1.29, 1.82) is 0 Å². The van der Waals surface area contributed by atoms with Gasteiger partial charge in [-0.05, 0) is 18.1 Å². The summed E-state index contributed by atoms with van der Waals surface area (Å²) < 4.78 is 5.22. The van der Waals surface area contributed by atoms with E-state index >= 15 is 0 Å². The minimum Gasteiger partial charge on any atom is -0.377 e. The molecule has 1 aromatic rings. The quantitative estimate of drug-likeness (QED) is 0.741. The number of nitrogens with two attached hydrogens (primary N) is 1. The van der Waals surface area contributed by atoms with Crippen molar-refractivity contribution < 1.29 is 4.74 Å². The van der Waals surface area contributed by atoms with Crippen molar-refractivity contribution in [2.24, 2.45) is 5.73 Å². The Morgan fingerprint density at radius 3 is 2.67 bits per heavy atom. The smallest absolute Gasteiger partial charge is 0.0796 e. The zero-order chi connectivity index (χ0) is 8.97. The van der Waals surface area contributed by atoms with E-state index in [4.69, 9.17) is 10.5 Å². The molecule has 0 aliphatic carbocycles. The SMILES string of the molecule is COC(C)c1ccccc1CN. The largest absolute Gasteiger partial charge is 0.377 e. The molecule has 0 aliphatic rings. The molecule has 0 amide bonds. The molecule has 0 saturated carbocycles. The Balaban J connectivity index is 2.96. The third kappa shape index (κ3) is 1.84. The van der Waals surface area contributed by atoms with Crippen LogP contribution in [-0.2, 0) is 11.3 Å². The van der Waals surface area contributed by atoms with Gasteiger partial charge in [0.2, 0.25) is 0 Å². The average Bonchev–Trinajstić information content (AvgIpc) is 2.16. The van der Waals surface area contributed by atoms with E-state index in [0.29, 0.717) is 6.54 Å². The first-order valence-corrected chi connectivity index (χ1v) is 4.10. The number of methoxy groups -OCH3 is 1. The second-order valence-corrected chi connectivity index (χ2v) is 2.78. The minimum atomic E-state index is 0.129. The molecule has 0 bridgehead atoms. The Labute approximate surface area is 73.3 Å². The third-order valence-electron chi connectivity index (χ3n) is 2.07. The summed E-state index contributed by atoms with van der Waals surface area (Å²) >= 11 is 0. The number of hydrogen-bond acceptors (Lipinski definition) is 2. The van der Waals surface area contributed by atoms with Crippen molar-refractivity contribution in [1.82, 2.24) is 0 Å². The van der Waals surface area contributed by atoms with Crippen LogP contribution in [-0.4, -0.2) is 7.11 Å². The van der Waals surface area contributed by atoms with Gasteiger partial charge in [0.15, 0.2) is 0 Å². The monoisotopic (exact) mass is 165 g/mol. The molecule has 2 nitrogen and oxygen atoms in total. The van der Waals surface area contributed by atoms with Crippen LogP contribution >= 0.6 is 0 Å². The van der Waals surface area contributed by atoms with E-state index in [-0.39, 0.29) is 6.10 Å². The highest BCUT2D eigenvalue weighted by atomic mass is 16.5. The molecule has 0 saturated heterocycles. The van der Waals surface area contributed by atoms with Gasteiger partial charge >= 0.3 is 0 Å². The van der Waals surface area contributed by atoms with Gasteiger partial charge in [0, 0.05) is 13.7 Å². The maximum Gasteiger partial charge on any atom is 0.0796 e. The molecule has 0 spiro atoms. The maximum atomic E-state index is 5.59. The molecule has 0 radical (unpaired) electrons. The van der Waals surface area contributed by atoms with Crippen LogP contribution in [0.1, 0.15) is 24.2 Å². The zero-order valence-corrected chi connectivity index (χ0v) is 7.58. The van der Waals surface area contributed by atoms with Gasteiger partial charge in [0.1, 0.15) is 0 Å². The van der Waals surface area contributed by atoms with Gasteiger partial charge in [0.05, 0.1) is 6.10 Å². The summed E-state index contributed by atoms with van der Waals surface area (Å²) in [4.78, 5) is 0. The second kappa shape index (κ2) is 4.24. The van der Waals surface area contributed by atoms with Gasteiger partial charge < -0.3 is 10.5 Å². The maximum absolute atomic E-state index is 5.59. The molecule has 0 heterocycles. The molecular formula is C10H15NO. The van der Waals surface area contributed by atoms with Crippen molar-refractivity contribution in [2.45, 2.75) is 19.6 Å². The van der Waals surface area contributed by atoms with Crippen LogP contribution < -0.4 is 5.73 Å². The molecule has 66 valence electrons. The third-order valence-corrected chi connectivity index (χ3v) is 2.07. The lowest BCUT2D eigenvalue weighted by molar-refractivity contribution is 0.119. The van der Waals surface area contributed by atoms with Gasteiger partial charge in [0.25, 0.3) is 0 Å². The normalized spacial score (nSPS) is 12.9. The molecule has 2 N–H and O–H groups in total. The zero-order valence-electron chi connectivity index (χ0n) is 7.58. The standard InChI is InChI=1S/C10H15NO/c1-8(12-2)10-6-4-3-5-9(10)7-11/h3-6,8H,7,11H2,1-2H3. The first-order chi connectivity index (χ1) is 5.79. The Morgan fingerprint density at radius 2 is 2.08 bits per heavy atom. The summed E-state index contributed by atoms with van der Waals surface area (Å²) in [5, 5.41) is 0. The molecule has 2 heteroatoms. The van der Waals surface area contributed by atoms with E-state index in [9.17, 15) is 0 Å². The fourth-order valence-corrected chi connectivity index (χ4v) is 1.24. The molecule has 1 rings (SSSR count). The minimum absolute atomic E-state index is 0.129.